The summed E-state index contributed by atoms with van der Waals surface area (Å²) in [5.41, 5.74) is 5.62. The summed E-state index contributed by atoms with van der Waals surface area (Å²) in [5.74, 6) is 0. The molecule has 0 saturated carbocycles. The minimum atomic E-state index is -5.22. The van der Waals surface area contributed by atoms with E-state index in [-0.39, 0.29) is 17.6 Å². The second kappa shape index (κ2) is 6.79. The standard InChI is InChI=1S/C20H16F6N2/c21-19(22,23)16-14(12-4-2-1-3-5-12)6-7-15(17(16)20(24,25)26)13-8-10-18(27,28)11-9-13/h1-10H,11,27-28H2. The highest BCUT2D eigenvalue weighted by atomic mass is 19.4. The van der Waals surface area contributed by atoms with Crippen molar-refractivity contribution < 1.29 is 26.3 Å². The third-order valence-corrected chi connectivity index (χ3v) is 4.42. The molecule has 8 heteroatoms. The van der Waals surface area contributed by atoms with Crippen LogP contribution >= 0.6 is 0 Å². The molecule has 0 aliphatic heterocycles. The molecular weight excluding hydrogens is 382 g/mol. The summed E-state index contributed by atoms with van der Waals surface area (Å²) >= 11 is 0. The van der Waals surface area contributed by atoms with Gasteiger partial charge >= 0.3 is 12.4 Å². The number of halogens is 6. The van der Waals surface area contributed by atoms with Gasteiger partial charge in [0, 0.05) is 6.42 Å². The number of benzene rings is 2. The van der Waals surface area contributed by atoms with Crippen LogP contribution in [-0.2, 0) is 12.4 Å². The van der Waals surface area contributed by atoms with Gasteiger partial charge < -0.3 is 11.5 Å². The maximum Gasteiger partial charge on any atom is 0.417 e. The summed E-state index contributed by atoms with van der Waals surface area (Å²) in [5, 5.41) is 0. The number of alkyl halides is 6. The minimum Gasteiger partial charge on any atom is -0.310 e. The zero-order valence-electron chi connectivity index (χ0n) is 14.4. The Morgan fingerprint density at radius 2 is 1.29 bits per heavy atom. The van der Waals surface area contributed by atoms with Gasteiger partial charge in [-0.15, -0.1) is 0 Å². The van der Waals surface area contributed by atoms with E-state index in [1.165, 1.54) is 42.5 Å². The van der Waals surface area contributed by atoms with Crippen LogP contribution in [-0.4, -0.2) is 5.66 Å². The van der Waals surface area contributed by atoms with Crippen molar-refractivity contribution in [2.24, 2.45) is 11.5 Å². The van der Waals surface area contributed by atoms with E-state index in [2.05, 4.69) is 0 Å². The summed E-state index contributed by atoms with van der Waals surface area (Å²) in [6.45, 7) is 0. The molecule has 0 atom stereocenters. The fraction of sp³-hybridized carbons (Fsp3) is 0.200. The number of hydrogen-bond acceptors (Lipinski definition) is 2. The molecule has 0 fully saturated rings. The zero-order chi connectivity index (χ0) is 20.7. The highest BCUT2D eigenvalue weighted by molar-refractivity contribution is 5.82. The molecule has 28 heavy (non-hydrogen) atoms. The first-order valence-electron chi connectivity index (χ1n) is 8.24. The molecule has 0 saturated heterocycles. The highest BCUT2D eigenvalue weighted by Crippen LogP contribution is 2.48. The topological polar surface area (TPSA) is 52.0 Å². The first-order chi connectivity index (χ1) is 12.9. The van der Waals surface area contributed by atoms with Crippen molar-refractivity contribution in [3.63, 3.8) is 0 Å². The van der Waals surface area contributed by atoms with Crippen LogP contribution in [0.3, 0.4) is 0 Å². The smallest absolute Gasteiger partial charge is 0.310 e. The molecule has 0 amide bonds. The maximum absolute atomic E-state index is 13.8. The van der Waals surface area contributed by atoms with Crippen LogP contribution in [0, 0.1) is 0 Å². The van der Waals surface area contributed by atoms with Crippen LogP contribution in [0.2, 0.25) is 0 Å². The van der Waals surface area contributed by atoms with E-state index in [9.17, 15) is 26.3 Å². The summed E-state index contributed by atoms with van der Waals surface area (Å²) in [4.78, 5) is 0. The van der Waals surface area contributed by atoms with Gasteiger partial charge in [-0.2, -0.15) is 26.3 Å². The highest BCUT2D eigenvalue weighted by Gasteiger charge is 2.47. The van der Waals surface area contributed by atoms with E-state index in [1.54, 1.807) is 6.07 Å². The van der Waals surface area contributed by atoms with Gasteiger partial charge in [-0.25, -0.2) is 0 Å². The SMILES string of the molecule is NC1(N)C=CC(c2ccc(-c3ccccc3)c(C(F)(F)F)c2C(F)(F)F)=CC1. The van der Waals surface area contributed by atoms with Crippen LogP contribution in [0.4, 0.5) is 26.3 Å². The Morgan fingerprint density at radius 1 is 0.750 bits per heavy atom. The second-order valence-corrected chi connectivity index (χ2v) is 6.58. The molecule has 0 bridgehead atoms. The predicted molar refractivity (Wildman–Crippen MR) is 94.7 cm³/mol. The lowest BCUT2D eigenvalue weighted by Gasteiger charge is -2.26. The average molecular weight is 398 g/mol. The normalized spacial score (nSPS) is 16.8. The number of rotatable bonds is 2. The third-order valence-electron chi connectivity index (χ3n) is 4.42. The van der Waals surface area contributed by atoms with Gasteiger partial charge in [0.25, 0.3) is 0 Å². The van der Waals surface area contributed by atoms with Crippen LogP contribution in [0.25, 0.3) is 16.7 Å². The lowest BCUT2D eigenvalue weighted by Crippen LogP contribution is -2.47. The first-order valence-corrected chi connectivity index (χ1v) is 8.24. The summed E-state index contributed by atoms with van der Waals surface area (Å²) in [6.07, 6.45) is -6.63. The van der Waals surface area contributed by atoms with Crippen molar-refractivity contribution in [2.75, 3.05) is 0 Å². The Morgan fingerprint density at radius 3 is 1.79 bits per heavy atom. The molecular formula is C20H16F6N2. The molecule has 3 rings (SSSR count). The average Bonchev–Trinajstić information content (AvgIpc) is 2.60. The number of nitrogens with two attached hydrogens (primary N) is 2. The second-order valence-electron chi connectivity index (χ2n) is 6.58. The van der Waals surface area contributed by atoms with Gasteiger partial charge in [-0.3, -0.25) is 0 Å². The van der Waals surface area contributed by atoms with E-state index >= 15 is 0 Å². The van der Waals surface area contributed by atoms with E-state index in [4.69, 9.17) is 11.5 Å². The molecule has 148 valence electrons. The monoisotopic (exact) mass is 398 g/mol. The van der Waals surface area contributed by atoms with Crippen molar-refractivity contribution in [3.05, 3.63) is 77.4 Å². The molecule has 2 aromatic carbocycles. The summed E-state index contributed by atoms with van der Waals surface area (Å²) in [6, 6.07) is 9.28. The Kier molecular flexibility index (Phi) is 4.89. The van der Waals surface area contributed by atoms with Crippen LogP contribution in [0.15, 0.2) is 60.7 Å². The zero-order valence-corrected chi connectivity index (χ0v) is 14.4. The summed E-state index contributed by atoms with van der Waals surface area (Å²) in [7, 11) is 0. The van der Waals surface area contributed by atoms with Crippen molar-refractivity contribution in [1.29, 1.82) is 0 Å². The van der Waals surface area contributed by atoms with Crippen molar-refractivity contribution in [3.8, 4) is 11.1 Å². The molecule has 4 N–H and O–H groups in total. The van der Waals surface area contributed by atoms with E-state index < -0.39 is 40.3 Å². The Bertz CT molecular complexity index is 938. The molecule has 0 aromatic heterocycles. The van der Waals surface area contributed by atoms with Gasteiger partial charge in [-0.05, 0) is 28.3 Å². The molecule has 1 aliphatic carbocycles. The van der Waals surface area contributed by atoms with E-state index in [0.717, 1.165) is 12.1 Å². The fourth-order valence-electron chi connectivity index (χ4n) is 3.16. The van der Waals surface area contributed by atoms with Gasteiger partial charge in [0.1, 0.15) is 0 Å². The van der Waals surface area contributed by atoms with E-state index in [0.29, 0.717) is 0 Å². The molecule has 0 spiro atoms. The quantitative estimate of drug-likeness (QED) is 0.529. The number of hydrogen-bond donors (Lipinski definition) is 2. The Labute approximate surface area is 157 Å². The molecule has 1 aliphatic rings. The van der Waals surface area contributed by atoms with Crippen molar-refractivity contribution >= 4 is 5.57 Å². The maximum atomic E-state index is 13.8. The van der Waals surface area contributed by atoms with Gasteiger partial charge in [-0.1, -0.05) is 54.6 Å². The molecule has 2 nitrogen and oxygen atoms in total. The van der Waals surface area contributed by atoms with Crippen molar-refractivity contribution in [2.45, 2.75) is 24.4 Å². The molecule has 0 unspecified atom stereocenters. The Hall–Kier alpha value is -2.58. The molecule has 2 aromatic rings. The largest absolute Gasteiger partial charge is 0.417 e. The number of allylic oxidation sites excluding steroid dienone is 2. The lowest BCUT2D eigenvalue weighted by molar-refractivity contribution is -0.161. The Balaban J connectivity index is 2.32. The molecule has 0 radical (unpaired) electrons. The van der Waals surface area contributed by atoms with Crippen LogP contribution < -0.4 is 11.5 Å². The minimum absolute atomic E-state index is 0.00207. The van der Waals surface area contributed by atoms with Crippen LogP contribution in [0.5, 0.6) is 0 Å². The van der Waals surface area contributed by atoms with Crippen LogP contribution in [0.1, 0.15) is 23.1 Å². The first kappa shape index (κ1) is 20.2. The van der Waals surface area contributed by atoms with E-state index in [1.807, 2.05) is 0 Å². The van der Waals surface area contributed by atoms with Crippen molar-refractivity contribution in [1.82, 2.24) is 0 Å². The summed E-state index contributed by atoms with van der Waals surface area (Å²) < 4.78 is 83.0. The van der Waals surface area contributed by atoms with Gasteiger partial charge in [0.15, 0.2) is 0 Å². The predicted octanol–water partition coefficient (Wildman–Crippen LogP) is 5.35. The van der Waals surface area contributed by atoms with Gasteiger partial charge in [0.05, 0.1) is 16.8 Å². The third kappa shape index (κ3) is 3.98. The lowest BCUT2D eigenvalue weighted by atomic mass is 9.85. The fourth-order valence-corrected chi connectivity index (χ4v) is 3.16. The molecule has 0 heterocycles. The van der Waals surface area contributed by atoms with Gasteiger partial charge in [0.2, 0.25) is 0 Å².